The highest BCUT2D eigenvalue weighted by atomic mass is 79.9. The summed E-state index contributed by atoms with van der Waals surface area (Å²) in [6, 6.07) is 19.8. The number of anilines is 1. The highest BCUT2D eigenvalue weighted by Gasteiger charge is 2.41. The summed E-state index contributed by atoms with van der Waals surface area (Å²) in [5.41, 5.74) is 5.80. The summed E-state index contributed by atoms with van der Waals surface area (Å²) in [6.45, 7) is 2.16. The first-order valence-corrected chi connectivity index (χ1v) is 13.1. The van der Waals surface area contributed by atoms with Gasteiger partial charge in [-0.15, -0.1) is 0 Å². The quantitative estimate of drug-likeness (QED) is 0.333. The molecule has 9 heteroatoms. The fraction of sp³-hybridized carbons (Fsp3) is 0.207. The summed E-state index contributed by atoms with van der Waals surface area (Å²) in [7, 11) is 0. The molecule has 0 unspecified atom stereocenters. The molecule has 1 aromatic heterocycles. The maximum absolute atomic E-state index is 13.7. The molecule has 1 saturated heterocycles. The molecule has 0 radical (unpaired) electrons. The van der Waals surface area contributed by atoms with Gasteiger partial charge in [0.1, 0.15) is 17.6 Å². The maximum Gasteiger partial charge on any atom is 0.253 e. The van der Waals surface area contributed by atoms with Gasteiger partial charge in [-0.2, -0.15) is 5.10 Å². The van der Waals surface area contributed by atoms with Crippen molar-refractivity contribution in [3.8, 4) is 16.8 Å². The maximum atomic E-state index is 13.7. The summed E-state index contributed by atoms with van der Waals surface area (Å²) in [5, 5.41) is 7.71. The van der Waals surface area contributed by atoms with Gasteiger partial charge in [-0.25, -0.2) is 9.07 Å². The first-order chi connectivity index (χ1) is 18.4. The summed E-state index contributed by atoms with van der Waals surface area (Å²) in [5.74, 6) is -0.454. The van der Waals surface area contributed by atoms with Gasteiger partial charge < -0.3 is 15.0 Å². The Morgan fingerprint density at radius 2 is 1.84 bits per heavy atom. The fourth-order valence-corrected chi connectivity index (χ4v) is 5.21. The Morgan fingerprint density at radius 3 is 2.61 bits per heavy atom. The molecule has 0 spiro atoms. The Kier molecular flexibility index (Phi) is 6.33. The van der Waals surface area contributed by atoms with E-state index in [1.165, 1.54) is 12.1 Å². The van der Waals surface area contributed by atoms with Crippen molar-refractivity contribution in [1.82, 2.24) is 14.7 Å². The standard InChI is InChI=1S/C29H24BrFN4O3/c1-17-28(37)34(13-12-18-2-11-25-20(14-18)15-26(36)32-25)29(38-17)27-24(19-3-7-22(31)8-4-19)16-35(33-27)23-9-5-21(30)6-10-23/h2-11,14,16-17,29H,12-13,15H2,1H3,(H,32,36)/t17-,29-/m0/s1. The Bertz CT molecular complexity index is 1530. The smallest absolute Gasteiger partial charge is 0.253 e. The van der Waals surface area contributed by atoms with Crippen molar-refractivity contribution in [3.63, 3.8) is 0 Å². The zero-order valence-corrected chi connectivity index (χ0v) is 22.1. The molecular weight excluding hydrogens is 551 g/mol. The van der Waals surface area contributed by atoms with Gasteiger partial charge in [0.2, 0.25) is 5.91 Å². The number of carbonyl (C=O) groups excluding carboxylic acids is 2. The summed E-state index contributed by atoms with van der Waals surface area (Å²) in [4.78, 5) is 26.6. The molecule has 0 bridgehead atoms. The Morgan fingerprint density at radius 1 is 1.08 bits per heavy atom. The second-order valence-corrected chi connectivity index (χ2v) is 10.4. The van der Waals surface area contributed by atoms with Gasteiger partial charge in [-0.3, -0.25) is 9.59 Å². The van der Waals surface area contributed by atoms with Crippen LogP contribution in [-0.2, 0) is 27.2 Å². The van der Waals surface area contributed by atoms with E-state index >= 15 is 0 Å². The topological polar surface area (TPSA) is 76.5 Å². The molecule has 2 aliphatic rings. The molecule has 7 nitrogen and oxygen atoms in total. The highest BCUT2D eigenvalue weighted by Crippen LogP contribution is 2.37. The van der Waals surface area contributed by atoms with Crippen LogP contribution >= 0.6 is 15.9 Å². The molecule has 1 fully saturated rings. The normalized spacial score (nSPS) is 18.7. The molecule has 3 heterocycles. The van der Waals surface area contributed by atoms with Crippen molar-refractivity contribution in [2.45, 2.75) is 32.1 Å². The zero-order valence-electron chi connectivity index (χ0n) is 20.5. The number of nitrogens with zero attached hydrogens (tertiary/aromatic N) is 3. The van der Waals surface area contributed by atoms with Crippen LogP contribution in [0, 0.1) is 5.82 Å². The average molecular weight is 575 g/mol. The van der Waals surface area contributed by atoms with E-state index in [1.54, 1.807) is 28.6 Å². The lowest BCUT2D eigenvalue weighted by molar-refractivity contribution is -0.130. The van der Waals surface area contributed by atoms with Crippen LogP contribution < -0.4 is 5.32 Å². The van der Waals surface area contributed by atoms with Gasteiger partial charge in [0, 0.05) is 28.5 Å². The molecule has 2 atom stereocenters. The molecule has 38 heavy (non-hydrogen) atoms. The predicted octanol–water partition coefficient (Wildman–Crippen LogP) is 5.42. The van der Waals surface area contributed by atoms with Crippen LogP contribution in [0.4, 0.5) is 10.1 Å². The minimum absolute atomic E-state index is 0.0103. The number of ether oxygens (including phenoxy) is 1. The van der Waals surface area contributed by atoms with E-state index in [-0.39, 0.29) is 17.6 Å². The lowest BCUT2D eigenvalue weighted by Crippen LogP contribution is -2.32. The predicted molar refractivity (Wildman–Crippen MR) is 144 cm³/mol. The van der Waals surface area contributed by atoms with Gasteiger partial charge in [-0.1, -0.05) is 40.2 Å². The first-order valence-electron chi connectivity index (χ1n) is 12.3. The van der Waals surface area contributed by atoms with E-state index in [9.17, 15) is 14.0 Å². The molecule has 0 saturated carbocycles. The van der Waals surface area contributed by atoms with Crippen LogP contribution in [0.15, 0.2) is 77.4 Å². The lowest BCUT2D eigenvalue weighted by atomic mass is 10.0. The van der Waals surface area contributed by atoms with Crippen LogP contribution in [-0.4, -0.2) is 39.1 Å². The van der Waals surface area contributed by atoms with Crippen molar-refractivity contribution in [3.05, 3.63) is 100 Å². The van der Waals surface area contributed by atoms with Crippen molar-refractivity contribution in [2.75, 3.05) is 11.9 Å². The molecule has 6 rings (SSSR count). The molecule has 0 aliphatic carbocycles. The number of hydrogen-bond donors (Lipinski definition) is 1. The van der Waals surface area contributed by atoms with Crippen LogP contribution in [0.2, 0.25) is 0 Å². The largest absolute Gasteiger partial charge is 0.339 e. The highest BCUT2D eigenvalue weighted by molar-refractivity contribution is 9.10. The van der Waals surface area contributed by atoms with Crippen molar-refractivity contribution < 1.29 is 18.7 Å². The second-order valence-electron chi connectivity index (χ2n) is 9.48. The number of aromatic nitrogens is 2. The van der Waals surface area contributed by atoms with Gasteiger partial charge in [0.05, 0.1) is 12.1 Å². The number of carbonyl (C=O) groups is 2. The van der Waals surface area contributed by atoms with Crippen LogP contribution in [0.25, 0.3) is 16.8 Å². The van der Waals surface area contributed by atoms with Crippen molar-refractivity contribution in [1.29, 1.82) is 0 Å². The Labute approximate surface area is 227 Å². The summed E-state index contributed by atoms with van der Waals surface area (Å²) < 4.78 is 22.6. The number of nitrogens with one attached hydrogen (secondary N) is 1. The molecule has 4 aromatic rings. The van der Waals surface area contributed by atoms with E-state index in [1.807, 2.05) is 48.7 Å². The summed E-state index contributed by atoms with van der Waals surface area (Å²) in [6.07, 6.45) is 1.51. The number of benzene rings is 3. The Balaban J connectivity index is 1.34. The zero-order chi connectivity index (χ0) is 26.4. The van der Waals surface area contributed by atoms with Crippen LogP contribution in [0.1, 0.15) is 30.0 Å². The summed E-state index contributed by atoms with van der Waals surface area (Å²) >= 11 is 3.46. The molecule has 192 valence electrons. The minimum Gasteiger partial charge on any atom is -0.339 e. The van der Waals surface area contributed by atoms with Gasteiger partial charge in [-0.05, 0) is 72.5 Å². The molecule has 2 aliphatic heterocycles. The average Bonchev–Trinajstić information content (AvgIpc) is 3.58. The minimum atomic E-state index is -0.702. The van der Waals surface area contributed by atoms with Crippen LogP contribution in [0.5, 0.6) is 0 Å². The number of fused-ring (bicyclic) bond motifs is 1. The van der Waals surface area contributed by atoms with Crippen LogP contribution in [0.3, 0.4) is 0 Å². The van der Waals surface area contributed by atoms with Crippen molar-refractivity contribution in [2.24, 2.45) is 0 Å². The number of hydrogen-bond acceptors (Lipinski definition) is 4. The second kappa shape index (κ2) is 9.81. The van der Waals surface area contributed by atoms with Gasteiger partial charge >= 0.3 is 0 Å². The van der Waals surface area contributed by atoms with E-state index in [0.717, 1.165) is 38.1 Å². The van der Waals surface area contributed by atoms with Gasteiger partial charge in [0.25, 0.3) is 5.91 Å². The van der Waals surface area contributed by atoms with E-state index in [4.69, 9.17) is 9.84 Å². The van der Waals surface area contributed by atoms with E-state index < -0.39 is 12.3 Å². The fourth-order valence-electron chi connectivity index (χ4n) is 4.95. The Hall–Kier alpha value is -3.82. The van der Waals surface area contributed by atoms with Gasteiger partial charge in [0.15, 0.2) is 6.23 Å². The lowest BCUT2D eigenvalue weighted by Gasteiger charge is -2.23. The number of rotatable bonds is 6. The third-order valence-corrected chi connectivity index (χ3v) is 7.43. The van der Waals surface area contributed by atoms with E-state index in [0.29, 0.717) is 25.1 Å². The SMILES string of the molecule is C[C@@H]1O[C@@H](c2nn(-c3ccc(Br)cc3)cc2-c2ccc(F)cc2)N(CCc2ccc3c(c2)CC(=O)N3)C1=O. The number of halogens is 2. The number of amides is 2. The third kappa shape index (κ3) is 4.63. The van der Waals surface area contributed by atoms with E-state index in [2.05, 4.69) is 21.2 Å². The molecular formula is C29H24BrFN4O3. The molecule has 1 N–H and O–H groups in total. The molecule has 3 aromatic carbocycles. The molecule has 2 amide bonds. The van der Waals surface area contributed by atoms with Crippen molar-refractivity contribution >= 4 is 33.4 Å². The first kappa shape index (κ1) is 24.5. The monoisotopic (exact) mass is 574 g/mol. The third-order valence-electron chi connectivity index (χ3n) is 6.91.